The quantitative estimate of drug-likeness (QED) is 0.486. The molecule has 0 spiro atoms. The standard InChI is InChI=1S/C26H25ClN2O4/c27-21-12-10-20(11-13-21)25(30)28-14-16-29(17-15-28)26(31)23-8-4-5-9-24(23)33-19-18-32-22-6-2-1-3-7-22/h1-13H,14-19H2. The van der Waals surface area contributed by atoms with E-state index in [1.165, 1.54) is 0 Å². The van der Waals surface area contributed by atoms with Crippen LogP contribution in [-0.4, -0.2) is 61.0 Å². The van der Waals surface area contributed by atoms with Crippen LogP contribution in [-0.2, 0) is 0 Å². The van der Waals surface area contributed by atoms with Crippen LogP contribution >= 0.6 is 11.6 Å². The van der Waals surface area contributed by atoms with Crippen molar-refractivity contribution in [3.8, 4) is 11.5 Å². The summed E-state index contributed by atoms with van der Waals surface area (Å²) in [7, 11) is 0. The van der Waals surface area contributed by atoms with Gasteiger partial charge < -0.3 is 19.3 Å². The summed E-state index contributed by atoms with van der Waals surface area (Å²) in [5.41, 5.74) is 1.10. The van der Waals surface area contributed by atoms with Crippen molar-refractivity contribution in [3.05, 3.63) is 95.0 Å². The first-order valence-corrected chi connectivity index (χ1v) is 11.2. The summed E-state index contributed by atoms with van der Waals surface area (Å²) in [6.45, 7) is 2.57. The minimum absolute atomic E-state index is 0.0547. The van der Waals surface area contributed by atoms with E-state index >= 15 is 0 Å². The molecule has 0 bridgehead atoms. The van der Waals surface area contributed by atoms with Crippen LogP contribution in [0.25, 0.3) is 0 Å². The zero-order valence-electron chi connectivity index (χ0n) is 18.2. The Labute approximate surface area is 198 Å². The molecule has 7 heteroatoms. The molecule has 3 aromatic carbocycles. The number of piperazine rings is 1. The minimum atomic E-state index is -0.104. The van der Waals surface area contributed by atoms with Crippen LogP contribution in [0.2, 0.25) is 5.02 Å². The van der Waals surface area contributed by atoms with E-state index < -0.39 is 0 Å². The van der Waals surface area contributed by atoms with Gasteiger partial charge in [-0.25, -0.2) is 0 Å². The second-order valence-corrected chi connectivity index (χ2v) is 8.03. The number of carbonyl (C=O) groups is 2. The summed E-state index contributed by atoms with van der Waals surface area (Å²) < 4.78 is 11.5. The molecule has 1 fully saturated rings. The zero-order chi connectivity index (χ0) is 23.0. The number of ether oxygens (including phenoxy) is 2. The molecular formula is C26H25ClN2O4. The Kier molecular flexibility index (Phi) is 7.47. The molecule has 33 heavy (non-hydrogen) atoms. The lowest BCUT2D eigenvalue weighted by atomic mass is 10.1. The van der Waals surface area contributed by atoms with Crippen molar-refractivity contribution < 1.29 is 19.1 Å². The third-order valence-corrected chi connectivity index (χ3v) is 5.67. The number of halogens is 1. The lowest BCUT2D eigenvalue weighted by molar-refractivity contribution is 0.0532. The molecule has 0 N–H and O–H groups in total. The Morgan fingerprint density at radius 2 is 1.27 bits per heavy atom. The number of para-hydroxylation sites is 2. The molecule has 1 saturated heterocycles. The first kappa shape index (κ1) is 22.7. The fraction of sp³-hybridized carbons (Fsp3) is 0.231. The topological polar surface area (TPSA) is 59.1 Å². The average Bonchev–Trinajstić information content (AvgIpc) is 2.87. The fourth-order valence-electron chi connectivity index (χ4n) is 3.66. The highest BCUT2D eigenvalue weighted by atomic mass is 35.5. The van der Waals surface area contributed by atoms with Gasteiger partial charge in [0.2, 0.25) is 0 Å². The van der Waals surface area contributed by atoms with Gasteiger partial charge in [-0.1, -0.05) is 41.9 Å². The van der Waals surface area contributed by atoms with E-state index in [0.29, 0.717) is 61.3 Å². The molecule has 4 rings (SSSR count). The van der Waals surface area contributed by atoms with E-state index in [4.69, 9.17) is 21.1 Å². The van der Waals surface area contributed by atoms with Gasteiger partial charge in [-0.3, -0.25) is 9.59 Å². The average molecular weight is 465 g/mol. The van der Waals surface area contributed by atoms with Crippen molar-refractivity contribution in [1.29, 1.82) is 0 Å². The van der Waals surface area contributed by atoms with Crippen LogP contribution in [0.5, 0.6) is 11.5 Å². The van der Waals surface area contributed by atoms with Crippen molar-refractivity contribution in [1.82, 2.24) is 9.80 Å². The molecule has 0 aromatic heterocycles. The highest BCUT2D eigenvalue weighted by molar-refractivity contribution is 6.30. The van der Waals surface area contributed by atoms with Gasteiger partial charge in [0.25, 0.3) is 11.8 Å². The van der Waals surface area contributed by atoms with E-state index in [0.717, 1.165) is 5.75 Å². The Morgan fingerprint density at radius 1 is 0.697 bits per heavy atom. The molecule has 6 nitrogen and oxygen atoms in total. The van der Waals surface area contributed by atoms with Gasteiger partial charge in [-0.15, -0.1) is 0 Å². The van der Waals surface area contributed by atoms with Crippen LogP contribution in [0.3, 0.4) is 0 Å². The third-order valence-electron chi connectivity index (χ3n) is 5.42. The first-order valence-electron chi connectivity index (χ1n) is 10.9. The van der Waals surface area contributed by atoms with Crippen molar-refractivity contribution in [2.75, 3.05) is 39.4 Å². The van der Waals surface area contributed by atoms with Gasteiger partial charge in [0.1, 0.15) is 24.7 Å². The summed E-state index contributed by atoms with van der Waals surface area (Å²) in [4.78, 5) is 29.4. The number of hydrogen-bond acceptors (Lipinski definition) is 4. The smallest absolute Gasteiger partial charge is 0.257 e. The van der Waals surface area contributed by atoms with Gasteiger partial charge in [0.05, 0.1) is 5.56 Å². The highest BCUT2D eigenvalue weighted by Gasteiger charge is 2.27. The van der Waals surface area contributed by atoms with Crippen molar-refractivity contribution in [2.24, 2.45) is 0 Å². The van der Waals surface area contributed by atoms with Crippen LogP contribution < -0.4 is 9.47 Å². The molecule has 3 aromatic rings. The molecular weight excluding hydrogens is 440 g/mol. The van der Waals surface area contributed by atoms with E-state index in [1.807, 2.05) is 42.5 Å². The molecule has 1 aliphatic rings. The predicted molar refractivity (Wildman–Crippen MR) is 127 cm³/mol. The van der Waals surface area contributed by atoms with Crippen molar-refractivity contribution >= 4 is 23.4 Å². The van der Waals surface area contributed by atoms with E-state index in [1.54, 1.807) is 46.2 Å². The molecule has 2 amide bonds. The maximum atomic E-state index is 13.2. The second-order valence-electron chi connectivity index (χ2n) is 7.60. The van der Waals surface area contributed by atoms with Gasteiger partial charge in [0.15, 0.2) is 0 Å². The van der Waals surface area contributed by atoms with E-state index in [-0.39, 0.29) is 11.8 Å². The van der Waals surface area contributed by atoms with E-state index in [2.05, 4.69) is 0 Å². The maximum absolute atomic E-state index is 13.2. The van der Waals surface area contributed by atoms with Gasteiger partial charge >= 0.3 is 0 Å². The molecule has 1 aliphatic heterocycles. The number of benzene rings is 3. The minimum Gasteiger partial charge on any atom is -0.490 e. The molecule has 170 valence electrons. The first-order chi connectivity index (χ1) is 16.1. The lowest BCUT2D eigenvalue weighted by Crippen LogP contribution is -2.50. The second kappa shape index (κ2) is 10.9. The summed E-state index contributed by atoms with van der Waals surface area (Å²) >= 11 is 5.91. The van der Waals surface area contributed by atoms with Gasteiger partial charge in [-0.2, -0.15) is 0 Å². The normalized spacial score (nSPS) is 13.5. The van der Waals surface area contributed by atoms with Gasteiger partial charge in [-0.05, 0) is 48.5 Å². The molecule has 0 saturated carbocycles. The largest absolute Gasteiger partial charge is 0.490 e. The summed E-state index contributed by atoms with van der Waals surface area (Å²) in [5.74, 6) is 1.14. The van der Waals surface area contributed by atoms with Crippen molar-refractivity contribution in [2.45, 2.75) is 0 Å². The zero-order valence-corrected chi connectivity index (χ0v) is 18.9. The number of rotatable bonds is 7. The Hall–Kier alpha value is -3.51. The lowest BCUT2D eigenvalue weighted by Gasteiger charge is -2.35. The fourth-order valence-corrected chi connectivity index (χ4v) is 3.78. The number of amides is 2. The third kappa shape index (κ3) is 5.84. The molecule has 0 atom stereocenters. The molecule has 0 aliphatic carbocycles. The van der Waals surface area contributed by atoms with Crippen molar-refractivity contribution in [3.63, 3.8) is 0 Å². The van der Waals surface area contributed by atoms with Crippen LogP contribution in [0.15, 0.2) is 78.9 Å². The Morgan fingerprint density at radius 3 is 1.97 bits per heavy atom. The van der Waals surface area contributed by atoms with Gasteiger partial charge in [0, 0.05) is 36.8 Å². The summed E-state index contributed by atoms with van der Waals surface area (Å²) in [6.07, 6.45) is 0. The Bertz CT molecular complexity index is 1080. The highest BCUT2D eigenvalue weighted by Crippen LogP contribution is 2.21. The number of carbonyl (C=O) groups excluding carboxylic acids is 2. The molecule has 1 heterocycles. The predicted octanol–water partition coefficient (Wildman–Crippen LogP) is 4.40. The Balaban J connectivity index is 1.31. The van der Waals surface area contributed by atoms with E-state index in [9.17, 15) is 9.59 Å². The van der Waals surface area contributed by atoms with Crippen LogP contribution in [0.1, 0.15) is 20.7 Å². The number of hydrogen-bond donors (Lipinski definition) is 0. The van der Waals surface area contributed by atoms with Crippen LogP contribution in [0, 0.1) is 0 Å². The maximum Gasteiger partial charge on any atom is 0.257 e. The number of nitrogens with zero attached hydrogens (tertiary/aromatic N) is 2. The SMILES string of the molecule is O=C(c1ccc(Cl)cc1)N1CCN(C(=O)c2ccccc2OCCOc2ccccc2)CC1. The monoisotopic (exact) mass is 464 g/mol. The summed E-state index contributed by atoms with van der Waals surface area (Å²) in [6, 6.07) is 23.6. The summed E-state index contributed by atoms with van der Waals surface area (Å²) in [5, 5.41) is 0.592. The molecule has 0 radical (unpaired) electrons. The molecule has 0 unspecified atom stereocenters. The van der Waals surface area contributed by atoms with Crippen LogP contribution in [0.4, 0.5) is 0 Å².